The number of sulfonamides is 1. The van der Waals surface area contributed by atoms with Gasteiger partial charge < -0.3 is 10.2 Å². The molecule has 5 nitrogen and oxygen atoms in total. The van der Waals surface area contributed by atoms with Crippen LogP contribution in [-0.2, 0) is 10.0 Å². The van der Waals surface area contributed by atoms with Gasteiger partial charge in [0, 0.05) is 43.4 Å². The fourth-order valence-electron chi connectivity index (χ4n) is 2.38. The third-order valence-electron chi connectivity index (χ3n) is 3.61. The van der Waals surface area contributed by atoms with Crippen LogP contribution in [0.1, 0.15) is 6.92 Å². The zero-order valence-electron chi connectivity index (χ0n) is 12.3. The molecule has 0 atom stereocenters. The molecule has 21 heavy (non-hydrogen) atoms. The van der Waals surface area contributed by atoms with Gasteiger partial charge in [0.05, 0.1) is 5.75 Å². The number of nitrogens with one attached hydrogen (secondary N) is 1. The highest BCUT2D eigenvalue weighted by molar-refractivity contribution is 7.89. The van der Waals surface area contributed by atoms with Crippen LogP contribution in [0.15, 0.2) is 24.3 Å². The first kappa shape index (κ1) is 16.5. The van der Waals surface area contributed by atoms with Gasteiger partial charge in [0.25, 0.3) is 0 Å². The van der Waals surface area contributed by atoms with Gasteiger partial charge in [-0.25, -0.2) is 8.42 Å². The normalized spacial score (nSPS) is 17.1. The molecule has 1 aromatic rings. The fourth-order valence-corrected chi connectivity index (χ4v) is 3.89. The van der Waals surface area contributed by atoms with E-state index < -0.39 is 10.0 Å². The predicted octanol–water partition coefficient (Wildman–Crippen LogP) is 1.40. The monoisotopic (exact) mass is 331 g/mol. The third kappa shape index (κ3) is 4.57. The number of nitrogens with zero attached hydrogens (tertiary/aromatic N) is 2. The van der Waals surface area contributed by atoms with Crippen LogP contribution in [0, 0.1) is 0 Å². The lowest BCUT2D eigenvalue weighted by molar-refractivity contribution is 0.384. The number of piperazine rings is 1. The van der Waals surface area contributed by atoms with Crippen LogP contribution in [0.5, 0.6) is 0 Å². The molecule has 1 saturated heterocycles. The van der Waals surface area contributed by atoms with Crippen molar-refractivity contribution < 1.29 is 8.42 Å². The maximum Gasteiger partial charge on any atom is 0.215 e. The summed E-state index contributed by atoms with van der Waals surface area (Å²) < 4.78 is 26.0. The molecule has 1 heterocycles. The molecule has 1 aliphatic heterocycles. The summed E-state index contributed by atoms with van der Waals surface area (Å²) in [6.07, 6.45) is 0. The number of halogens is 1. The van der Waals surface area contributed by atoms with Crippen molar-refractivity contribution in [3.05, 3.63) is 29.3 Å². The summed E-state index contributed by atoms with van der Waals surface area (Å²) in [6.45, 7) is 5.77. The van der Waals surface area contributed by atoms with Gasteiger partial charge in [-0.1, -0.05) is 18.5 Å². The molecule has 0 radical (unpaired) electrons. The SMILES string of the molecule is CCNCCS(=O)(=O)N1CCN(c2ccc(Cl)cc2)CC1. The van der Waals surface area contributed by atoms with E-state index in [9.17, 15) is 8.42 Å². The average Bonchev–Trinajstić information content (AvgIpc) is 2.48. The molecule has 0 unspecified atom stereocenters. The minimum atomic E-state index is -3.14. The van der Waals surface area contributed by atoms with Crippen LogP contribution in [-0.4, -0.2) is 57.7 Å². The van der Waals surface area contributed by atoms with E-state index in [1.165, 1.54) is 0 Å². The Hall–Kier alpha value is -0.820. The summed E-state index contributed by atoms with van der Waals surface area (Å²) >= 11 is 5.88. The third-order valence-corrected chi connectivity index (χ3v) is 5.73. The molecule has 0 bridgehead atoms. The highest BCUT2D eigenvalue weighted by Gasteiger charge is 2.26. The van der Waals surface area contributed by atoms with E-state index in [-0.39, 0.29) is 5.75 Å². The number of rotatable bonds is 6. The Kier molecular flexibility index (Phi) is 5.87. The quantitative estimate of drug-likeness (QED) is 0.801. The molecule has 0 aromatic heterocycles. The van der Waals surface area contributed by atoms with E-state index in [0.29, 0.717) is 37.7 Å². The molecule has 1 aliphatic rings. The van der Waals surface area contributed by atoms with E-state index in [1.54, 1.807) is 4.31 Å². The van der Waals surface area contributed by atoms with Crippen molar-refractivity contribution in [3.8, 4) is 0 Å². The Labute approximate surface area is 131 Å². The maximum atomic E-state index is 12.2. The van der Waals surface area contributed by atoms with Crippen LogP contribution < -0.4 is 10.2 Å². The van der Waals surface area contributed by atoms with Gasteiger partial charge in [-0.3, -0.25) is 0 Å². The zero-order chi connectivity index (χ0) is 15.3. The van der Waals surface area contributed by atoms with Crippen molar-refractivity contribution in [1.82, 2.24) is 9.62 Å². The summed E-state index contributed by atoms with van der Waals surface area (Å²) in [6, 6.07) is 7.65. The maximum absolute atomic E-state index is 12.2. The van der Waals surface area contributed by atoms with Crippen LogP contribution in [0.25, 0.3) is 0 Å². The largest absolute Gasteiger partial charge is 0.369 e. The van der Waals surface area contributed by atoms with E-state index >= 15 is 0 Å². The molecule has 2 rings (SSSR count). The molecule has 7 heteroatoms. The van der Waals surface area contributed by atoms with Crippen LogP contribution in [0.3, 0.4) is 0 Å². The van der Waals surface area contributed by atoms with Crippen molar-refractivity contribution in [2.45, 2.75) is 6.92 Å². The van der Waals surface area contributed by atoms with Crippen molar-refractivity contribution in [2.24, 2.45) is 0 Å². The lowest BCUT2D eigenvalue weighted by Gasteiger charge is -2.35. The van der Waals surface area contributed by atoms with Crippen molar-refractivity contribution in [2.75, 3.05) is 49.9 Å². The Bertz CT molecular complexity index is 540. The van der Waals surface area contributed by atoms with Crippen LogP contribution in [0.2, 0.25) is 5.02 Å². The first-order chi connectivity index (χ1) is 10.0. The van der Waals surface area contributed by atoms with Crippen molar-refractivity contribution >= 4 is 27.3 Å². The Balaban J connectivity index is 1.89. The highest BCUT2D eigenvalue weighted by Crippen LogP contribution is 2.20. The fraction of sp³-hybridized carbons (Fsp3) is 0.571. The number of benzene rings is 1. The van der Waals surface area contributed by atoms with E-state index in [1.807, 2.05) is 31.2 Å². The number of anilines is 1. The standard InChI is InChI=1S/C14H22ClN3O2S/c1-2-16-7-12-21(19,20)18-10-8-17(9-11-18)14-5-3-13(15)4-6-14/h3-6,16H,2,7-12H2,1H3. The second kappa shape index (κ2) is 7.45. The molecule has 0 spiro atoms. The van der Waals surface area contributed by atoms with E-state index in [4.69, 9.17) is 11.6 Å². The highest BCUT2D eigenvalue weighted by atomic mass is 35.5. The second-order valence-corrected chi connectivity index (χ2v) is 7.56. The Morgan fingerprint density at radius 3 is 2.33 bits per heavy atom. The van der Waals surface area contributed by atoms with Crippen molar-refractivity contribution in [1.29, 1.82) is 0 Å². The lowest BCUT2D eigenvalue weighted by atomic mass is 10.2. The van der Waals surface area contributed by atoms with Crippen LogP contribution in [0.4, 0.5) is 5.69 Å². The van der Waals surface area contributed by atoms with Gasteiger partial charge in [0.15, 0.2) is 0 Å². The summed E-state index contributed by atoms with van der Waals surface area (Å²) in [4.78, 5) is 2.19. The zero-order valence-corrected chi connectivity index (χ0v) is 13.8. The first-order valence-electron chi connectivity index (χ1n) is 7.22. The summed E-state index contributed by atoms with van der Waals surface area (Å²) in [5, 5.41) is 3.77. The molecular formula is C14H22ClN3O2S. The summed E-state index contributed by atoms with van der Waals surface area (Å²) in [7, 11) is -3.14. The van der Waals surface area contributed by atoms with Crippen molar-refractivity contribution in [3.63, 3.8) is 0 Å². The molecule has 118 valence electrons. The average molecular weight is 332 g/mol. The smallest absolute Gasteiger partial charge is 0.215 e. The Morgan fingerprint density at radius 2 is 1.76 bits per heavy atom. The first-order valence-corrected chi connectivity index (χ1v) is 9.20. The number of hydrogen-bond donors (Lipinski definition) is 1. The molecule has 1 fully saturated rings. The summed E-state index contributed by atoms with van der Waals surface area (Å²) in [5.41, 5.74) is 1.09. The van der Waals surface area contributed by atoms with E-state index in [0.717, 1.165) is 12.2 Å². The van der Waals surface area contributed by atoms with Gasteiger partial charge in [-0.2, -0.15) is 4.31 Å². The minimum Gasteiger partial charge on any atom is -0.369 e. The van der Waals surface area contributed by atoms with Gasteiger partial charge in [-0.15, -0.1) is 0 Å². The van der Waals surface area contributed by atoms with Gasteiger partial charge in [0.1, 0.15) is 0 Å². The molecule has 1 N–H and O–H groups in total. The molecule has 0 aliphatic carbocycles. The van der Waals surface area contributed by atoms with Gasteiger partial charge in [0.2, 0.25) is 10.0 Å². The predicted molar refractivity (Wildman–Crippen MR) is 87.6 cm³/mol. The molecule has 0 saturated carbocycles. The lowest BCUT2D eigenvalue weighted by Crippen LogP contribution is -2.50. The minimum absolute atomic E-state index is 0.168. The van der Waals surface area contributed by atoms with E-state index in [2.05, 4.69) is 10.2 Å². The van der Waals surface area contributed by atoms with Gasteiger partial charge in [-0.05, 0) is 30.8 Å². The molecule has 1 aromatic carbocycles. The van der Waals surface area contributed by atoms with Crippen LogP contribution >= 0.6 is 11.6 Å². The summed E-state index contributed by atoms with van der Waals surface area (Å²) in [5.74, 6) is 0.168. The Morgan fingerprint density at radius 1 is 1.14 bits per heavy atom. The second-order valence-electron chi connectivity index (χ2n) is 5.03. The number of hydrogen-bond acceptors (Lipinski definition) is 4. The van der Waals surface area contributed by atoms with Gasteiger partial charge >= 0.3 is 0 Å². The topological polar surface area (TPSA) is 52.7 Å². The molecular weight excluding hydrogens is 310 g/mol. The molecule has 0 amide bonds.